The quantitative estimate of drug-likeness (QED) is 0.200. The minimum Gasteiger partial charge on any atom is -0.384 e. The summed E-state index contributed by atoms with van der Waals surface area (Å²) < 4.78 is 0. The van der Waals surface area contributed by atoms with Gasteiger partial charge in [-0.3, -0.25) is 9.97 Å². The summed E-state index contributed by atoms with van der Waals surface area (Å²) in [7, 11) is 0. The summed E-state index contributed by atoms with van der Waals surface area (Å²) in [6, 6.07) is 26.3. The molecule has 0 amide bonds. The van der Waals surface area contributed by atoms with Crippen LogP contribution in [0, 0.1) is 0 Å². The van der Waals surface area contributed by atoms with E-state index in [4.69, 9.17) is 9.97 Å². The maximum absolute atomic E-state index is 5.00. The summed E-state index contributed by atoms with van der Waals surface area (Å²) >= 11 is 0. The van der Waals surface area contributed by atoms with Crippen LogP contribution in [-0.4, -0.2) is 23.1 Å². The Labute approximate surface area is 249 Å². The predicted octanol–water partition coefficient (Wildman–Crippen LogP) is 8.27. The van der Waals surface area contributed by atoms with Gasteiger partial charge in [0.15, 0.2) is 0 Å². The van der Waals surface area contributed by atoms with Crippen LogP contribution in [0.3, 0.4) is 0 Å². The van der Waals surface area contributed by atoms with E-state index in [1.54, 1.807) is 0 Å². The molecule has 0 unspecified atom stereocenters. The fraction of sp³-hybridized carbons (Fsp3) is 0.333. The van der Waals surface area contributed by atoms with Crippen LogP contribution in [0.1, 0.15) is 59.3 Å². The van der Waals surface area contributed by atoms with Crippen molar-refractivity contribution in [1.29, 1.82) is 0 Å². The first-order valence-corrected chi connectivity index (χ1v) is 15.2. The third kappa shape index (κ3) is 5.76. The molecule has 2 aromatic heterocycles. The predicted molar refractivity (Wildman–Crippen MR) is 175 cm³/mol. The smallest absolute Gasteiger partial charge is 0.0726 e. The highest BCUT2D eigenvalue weighted by atomic mass is 35.5. The molecule has 2 aliphatic carbocycles. The summed E-state index contributed by atoms with van der Waals surface area (Å²) in [5, 5.41) is 10.2. The van der Waals surface area contributed by atoms with Gasteiger partial charge in [-0.25, -0.2) is 0 Å². The van der Waals surface area contributed by atoms with Crippen molar-refractivity contribution in [2.45, 2.75) is 64.2 Å². The van der Waals surface area contributed by atoms with Gasteiger partial charge in [0.25, 0.3) is 0 Å². The Hall–Kier alpha value is -3.63. The lowest BCUT2D eigenvalue weighted by Gasteiger charge is -2.22. The fourth-order valence-corrected chi connectivity index (χ4v) is 6.75. The summed E-state index contributed by atoms with van der Waals surface area (Å²) in [6.45, 7) is 1.86. The van der Waals surface area contributed by atoms with Crippen molar-refractivity contribution in [3.8, 4) is 0 Å². The number of hydrogen-bond acceptors (Lipinski definition) is 4. The number of aromatic nitrogens is 2. The second kappa shape index (κ2) is 12.5. The standard InChI is InChI=1S/C36H38N4.ClH/c1-5-16-31-27(12-1)35(28-13-2-6-17-32(28)39-31)37-22-20-25-10-9-11-26(24-25)21-23-38-36-29-14-3-7-18-33(29)40-34-19-8-4-15-30(34)36;/h1,3,5,7,9-12,14,16,18,24H,2,4,6,8,13,15,17,19-23H2,(H,37,39)(H,38,40);1H. The van der Waals surface area contributed by atoms with Crippen LogP contribution in [0.2, 0.25) is 0 Å². The average molecular weight is 563 g/mol. The van der Waals surface area contributed by atoms with E-state index in [0.29, 0.717) is 0 Å². The molecule has 210 valence electrons. The van der Waals surface area contributed by atoms with Gasteiger partial charge >= 0.3 is 0 Å². The van der Waals surface area contributed by atoms with E-state index in [0.717, 1.165) is 62.6 Å². The zero-order chi connectivity index (χ0) is 26.7. The van der Waals surface area contributed by atoms with Crippen LogP contribution in [0.25, 0.3) is 21.8 Å². The van der Waals surface area contributed by atoms with Gasteiger partial charge < -0.3 is 10.6 Å². The Morgan fingerprint density at radius 1 is 0.537 bits per heavy atom. The van der Waals surface area contributed by atoms with Crippen molar-refractivity contribution in [2.75, 3.05) is 23.7 Å². The van der Waals surface area contributed by atoms with Gasteiger partial charge in [0.1, 0.15) is 0 Å². The van der Waals surface area contributed by atoms with Crippen LogP contribution >= 0.6 is 12.4 Å². The molecule has 2 heterocycles. The maximum atomic E-state index is 5.00. The van der Waals surface area contributed by atoms with Crippen molar-refractivity contribution >= 4 is 45.6 Å². The molecule has 2 N–H and O–H groups in total. The molecule has 0 aliphatic heterocycles. The van der Waals surface area contributed by atoms with Gasteiger partial charge in [-0.2, -0.15) is 0 Å². The van der Waals surface area contributed by atoms with E-state index in [-0.39, 0.29) is 12.4 Å². The molecule has 0 bridgehead atoms. The molecule has 0 fully saturated rings. The number of pyridine rings is 2. The minimum atomic E-state index is 0. The topological polar surface area (TPSA) is 49.8 Å². The summed E-state index contributed by atoms with van der Waals surface area (Å²) in [4.78, 5) is 9.99. The number of anilines is 2. The normalized spacial score (nSPS) is 14.2. The molecule has 2 aliphatic rings. The summed E-state index contributed by atoms with van der Waals surface area (Å²) in [5.74, 6) is 0. The molecule has 0 saturated carbocycles. The number of fused-ring (bicyclic) bond motifs is 4. The van der Waals surface area contributed by atoms with Crippen LogP contribution in [0.5, 0.6) is 0 Å². The minimum absolute atomic E-state index is 0. The van der Waals surface area contributed by atoms with Crippen LogP contribution in [0.15, 0.2) is 72.8 Å². The van der Waals surface area contributed by atoms with Crippen LogP contribution < -0.4 is 10.6 Å². The Balaban J connectivity index is 0.00000302. The number of benzene rings is 3. The Bertz CT molecular complexity index is 1560. The molecule has 0 saturated heterocycles. The molecule has 5 aromatic rings. The molecule has 0 spiro atoms. The summed E-state index contributed by atoms with van der Waals surface area (Å²) in [5.41, 5.74) is 13.1. The SMILES string of the molecule is Cl.c1cc(CCNc2c3c(nc4ccccc24)CCCC3)cc(CCNc2c3c(nc4ccccc24)CCCC3)c1. The Morgan fingerprint density at radius 2 is 1.00 bits per heavy atom. The molecule has 4 nitrogen and oxygen atoms in total. The molecule has 0 atom stereocenters. The third-order valence-corrected chi connectivity index (χ3v) is 8.76. The number of nitrogens with zero attached hydrogens (tertiary/aromatic N) is 2. The van der Waals surface area contributed by atoms with Crippen molar-refractivity contribution in [3.05, 3.63) is 106 Å². The van der Waals surface area contributed by atoms with E-state index >= 15 is 0 Å². The second-order valence-electron chi connectivity index (χ2n) is 11.4. The van der Waals surface area contributed by atoms with Crippen molar-refractivity contribution in [3.63, 3.8) is 0 Å². The van der Waals surface area contributed by atoms with Gasteiger partial charge in [0.05, 0.1) is 11.0 Å². The van der Waals surface area contributed by atoms with Gasteiger partial charge in [0.2, 0.25) is 0 Å². The molecular weight excluding hydrogens is 524 g/mol. The van der Waals surface area contributed by atoms with Crippen molar-refractivity contribution < 1.29 is 0 Å². The van der Waals surface area contributed by atoms with E-state index in [2.05, 4.69) is 83.4 Å². The largest absolute Gasteiger partial charge is 0.384 e. The Morgan fingerprint density at radius 3 is 1.51 bits per heavy atom. The molecular formula is C36H39ClN4. The monoisotopic (exact) mass is 562 g/mol. The van der Waals surface area contributed by atoms with E-state index < -0.39 is 0 Å². The first kappa shape index (κ1) is 27.5. The molecule has 7 rings (SSSR count). The lowest BCUT2D eigenvalue weighted by atomic mass is 9.92. The van der Waals surface area contributed by atoms with Gasteiger partial charge in [-0.15, -0.1) is 12.4 Å². The number of halogens is 1. The highest BCUT2D eigenvalue weighted by Gasteiger charge is 2.19. The van der Waals surface area contributed by atoms with Crippen molar-refractivity contribution in [1.82, 2.24) is 9.97 Å². The number of rotatable bonds is 8. The van der Waals surface area contributed by atoms with E-state index in [1.165, 1.54) is 81.5 Å². The van der Waals surface area contributed by atoms with E-state index in [9.17, 15) is 0 Å². The van der Waals surface area contributed by atoms with Crippen LogP contribution in [-0.2, 0) is 38.5 Å². The molecule has 3 aromatic carbocycles. The number of para-hydroxylation sites is 2. The highest BCUT2D eigenvalue weighted by Crippen LogP contribution is 2.34. The molecule has 0 radical (unpaired) electrons. The van der Waals surface area contributed by atoms with E-state index in [1.807, 2.05) is 0 Å². The summed E-state index contributed by atoms with van der Waals surface area (Å²) in [6.07, 6.45) is 11.5. The lowest BCUT2D eigenvalue weighted by molar-refractivity contribution is 0.672. The second-order valence-corrected chi connectivity index (χ2v) is 11.4. The molecule has 5 heteroatoms. The number of aryl methyl sites for hydroxylation is 2. The first-order chi connectivity index (χ1) is 19.8. The highest BCUT2D eigenvalue weighted by molar-refractivity contribution is 5.94. The Kier molecular flexibility index (Phi) is 8.38. The number of nitrogens with one attached hydrogen (secondary N) is 2. The van der Waals surface area contributed by atoms with Gasteiger partial charge in [-0.1, -0.05) is 60.7 Å². The third-order valence-electron chi connectivity index (χ3n) is 8.76. The van der Waals surface area contributed by atoms with Gasteiger partial charge in [0, 0.05) is 46.6 Å². The average Bonchev–Trinajstić information content (AvgIpc) is 3.00. The zero-order valence-electron chi connectivity index (χ0n) is 23.7. The van der Waals surface area contributed by atoms with Gasteiger partial charge in [-0.05, 0) is 98.6 Å². The molecule has 41 heavy (non-hydrogen) atoms. The maximum Gasteiger partial charge on any atom is 0.0726 e. The fourth-order valence-electron chi connectivity index (χ4n) is 6.75. The first-order valence-electron chi connectivity index (χ1n) is 15.2. The lowest BCUT2D eigenvalue weighted by Crippen LogP contribution is -2.14. The zero-order valence-corrected chi connectivity index (χ0v) is 24.5. The van der Waals surface area contributed by atoms with Crippen molar-refractivity contribution in [2.24, 2.45) is 0 Å². The van der Waals surface area contributed by atoms with Crippen LogP contribution in [0.4, 0.5) is 11.4 Å². The number of hydrogen-bond donors (Lipinski definition) is 2.